The summed E-state index contributed by atoms with van der Waals surface area (Å²) in [5, 5.41) is 34.9. The summed E-state index contributed by atoms with van der Waals surface area (Å²) in [5.41, 5.74) is 1.09. The molecule has 27 heavy (non-hydrogen) atoms. The molecule has 147 valence electrons. The van der Waals surface area contributed by atoms with Gasteiger partial charge in [-0.05, 0) is 45.0 Å². The number of carbonyl (C=O) groups excluding carboxylic acids is 1. The Morgan fingerprint density at radius 3 is 1.89 bits per heavy atom. The van der Waals surface area contributed by atoms with E-state index in [4.69, 9.17) is 10.2 Å². The number of aliphatic imine (C=N–C) groups is 1. The van der Waals surface area contributed by atoms with Crippen LogP contribution in [0.5, 0.6) is 11.5 Å². The Labute approximate surface area is 170 Å². The summed E-state index contributed by atoms with van der Waals surface area (Å²) in [6, 6.07) is 13.7. The summed E-state index contributed by atoms with van der Waals surface area (Å²) in [7, 11) is 0. The molecule has 0 aliphatic carbocycles. The van der Waals surface area contributed by atoms with E-state index in [1.165, 1.54) is 26.1 Å². The van der Waals surface area contributed by atoms with Crippen LogP contribution in [0.1, 0.15) is 26.3 Å². The van der Waals surface area contributed by atoms with E-state index in [1.807, 2.05) is 6.07 Å². The number of phenols is 2. The van der Waals surface area contributed by atoms with Gasteiger partial charge >= 0.3 is 0 Å². The fourth-order valence-electron chi connectivity index (χ4n) is 1.60. The molecule has 0 atom stereocenters. The minimum Gasteiger partial charge on any atom is -0.512 e. The predicted octanol–water partition coefficient (Wildman–Crippen LogP) is 3.88. The maximum Gasteiger partial charge on any atom is 0.155 e. The first kappa shape index (κ1) is 26.6. The summed E-state index contributed by atoms with van der Waals surface area (Å²) in [4.78, 5) is 14.1. The molecule has 0 aliphatic heterocycles. The van der Waals surface area contributed by atoms with Crippen LogP contribution in [-0.2, 0) is 21.9 Å². The third-order valence-electron chi connectivity index (χ3n) is 2.57. The Morgan fingerprint density at radius 2 is 1.48 bits per heavy atom. The van der Waals surface area contributed by atoms with Gasteiger partial charge in [-0.25, -0.2) is 0 Å². The molecule has 7 heteroatoms. The van der Waals surface area contributed by atoms with Crippen LogP contribution < -0.4 is 0 Å². The van der Waals surface area contributed by atoms with Gasteiger partial charge in [0.05, 0.1) is 5.76 Å². The Morgan fingerprint density at radius 1 is 1.00 bits per heavy atom. The average molecular weight is 414 g/mol. The van der Waals surface area contributed by atoms with Crippen LogP contribution in [0.4, 0.5) is 5.69 Å². The van der Waals surface area contributed by atoms with Crippen molar-refractivity contribution in [2.24, 2.45) is 4.99 Å². The molecule has 4 N–H and O–H groups in total. The van der Waals surface area contributed by atoms with Crippen LogP contribution in [0.25, 0.3) is 0 Å². The smallest absolute Gasteiger partial charge is 0.155 e. The van der Waals surface area contributed by atoms with Crippen LogP contribution in [0.15, 0.2) is 65.4 Å². The number of phenolic OH excluding ortho intramolecular Hbond substituents is 2. The van der Waals surface area contributed by atoms with Crippen molar-refractivity contribution in [3.63, 3.8) is 0 Å². The van der Waals surface area contributed by atoms with Crippen LogP contribution >= 0.6 is 0 Å². The third kappa shape index (κ3) is 13.3. The van der Waals surface area contributed by atoms with Gasteiger partial charge in [0.15, 0.2) is 5.78 Å². The summed E-state index contributed by atoms with van der Waals surface area (Å²) in [6.45, 7) is 4.78. The SMILES string of the molecule is CC(=O)/C=C(/C)O.CCO.Oc1ccccc1C=Nc1ccccc1O.[Mn]. The van der Waals surface area contributed by atoms with E-state index in [9.17, 15) is 15.0 Å². The summed E-state index contributed by atoms with van der Waals surface area (Å²) in [5.74, 6) is 0.225. The Kier molecular flexibility index (Phi) is 15.4. The van der Waals surface area contributed by atoms with Crippen molar-refractivity contribution < 1.29 is 42.3 Å². The van der Waals surface area contributed by atoms with Crippen molar-refractivity contribution in [3.05, 3.63) is 65.9 Å². The number of hydrogen-bond acceptors (Lipinski definition) is 6. The summed E-state index contributed by atoms with van der Waals surface area (Å²) >= 11 is 0. The van der Waals surface area contributed by atoms with Gasteiger partial charge in [0.2, 0.25) is 0 Å². The number of nitrogens with zero attached hydrogens (tertiary/aromatic N) is 1. The molecule has 6 nitrogen and oxygen atoms in total. The molecule has 0 saturated heterocycles. The maximum atomic E-state index is 10.0. The number of allylic oxidation sites excluding steroid dienone is 2. The van der Waals surface area contributed by atoms with E-state index >= 15 is 0 Å². The molecule has 2 aromatic carbocycles. The zero-order valence-corrected chi connectivity index (χ0v) is 16.7. The van der Waals surface area contributed by atoms with Gasteiger partial charge in [0, 0.05) is 41.5 Å². The molecule has 0 aromatic heterocycles. The maximum absolute atomic E-state index is 10.0. The van der Waals surface area contributed by atoms with Gasteiger partial charge < -0.3 is 20.4 Å². The van der Waals surface area contributed by atoms with Gasteiger partial charge in [-0.15, -0.1) is 0 Å². The van der Waals surface area contributed by atoms with Crippen LogP contribution in [0.3, 0.4) is 0 Å². The molecular weight excluding hydrogens is 389 g/mol. The topological polar surface area (TPSA) is 110 Å². The zero-order chi connectivity index (χ0) is 19.9. The molecule has 0 spiro atoms. The normalized spacial score (nSPS) is 10.0. The number of benzene rings is 2. The van der Waals surface area contributed by atoms with Gasteiger partial charge in [0.1, 0.15) is 17.2 Å². The summed E-state index contributed by atoms with van der Waals surface area (Å²) in [6.07, 6.45) is 2.68. The second-order valence-corrected chi connectivity index (χ2v) is 5.02. The largest absolute Gasteiger partial charge is 0.512 e. The monoisotopic (exact) mass is 414 g/mol. The van der Waals surface area contributed by atoms with Crippen molar-refractivity contribution in [2.45, 2.75) is 20.8 Å². The molecule has 0 saturated carbocycles. The van der Waals surface area contributed by atoms with Crippen molar-refractivity contribution in [1.82, 2.24) is 0 Å². The quantitative estimate of drug-likeness (QED) is 0.264. The summed E-state index contributed by atoms with van der Waals surface area (Å²) < 4.78 is 0. The minimum atomic E-state index is -0.125. The Hall–Kier alpha value is -2.60. The van der Waals surface area contributed by atoms with E-state index in [1.54, 1.807) is 49.4 Å². The van der Waals surface area contributed by atoms with Crippen LogP contribution in [-0.4, -0.2) is 39.0 Å². The number of hydrogen-bond donors (Lipinski definition) is 4. The van der Waals surface area contributed by atoms with Crippen molar-refractivity contribution in [3.8, 4) is 11.5 Å². The zero-order valence-electron chi connectivity index (χ0n) is 15.5. The number of aliphatic hydroxyl groups is 2. The first-order valence-electron chi connectivity index (χ1n) is 7.90. The Bertz CT molecular complexity index is 693. The van der Waals surface area contributed by atoms with E-state index in [0.29, 0.717) is 11.3 Å². The van der Waals surface area contributed by atoms with E-state index < -0.39 is 0 Å². The number of ketones is 1. The number of para-hydroxylation sites is 3. The van der Waals surface area contributed by atoms with E-state index in [2.05, 4.69) is 4.99 Å². The molecule has 0 fully saturated rings. The second kappa shape index (κ2) is 15.6. The van der Waals surface area contributed by atoms with Crippen molar-refractivity contribution >= 4 is 17.7 Å². The van der Waals surface area contributed by atoms with Crippen LogP contribution in [0.2, 0.25) is 0 Å². The standard InChI is InChI=1S/C13H11NO2.C5H8O2.C2H6O.Mn/c15-12-7-3-1-5-10(12)9-14-11-6-2-4-8-13(11)16;1-4(6)3-5(2)7;1-2-3;/h1-9,15-16H;3,6H,1-2H3;3H,2H2,1H3;/b;4-3-;;. The molecule has 0 heterocycles. The van der Waals surface area contributed by atoms with Gasteiger partial charge in [-0.1, -0.05) is 24.3 Å². The second-order valence-electron chi connectivity index (χ2n) is 5.02. The number of carbonyl (C=O) groups is 1. The average Bonchev–Trinajstić information content (AvgIpc) is 2.55. The first-order valence-corrected chi connectivity index (χ1v) is 7.90. The van der Waals surface area contributed by atoms with E-state index in [0.717, 1.165) is 0 Å². The molecule has 0 aliphatic rings. The fraction of sp³-hybridized carbons (Fsp3) is 0.200. The fourth-order valence-corrected chi connectivity index (χ4v) is 1.60. The molecule has 1 radical (unpaired) electrons. The first-order chi connectivity index (χ1) is 12.3. The van der Waals surface area contributed by atoms with Gasteiger partial charge in [0.25, 0.3) is 0 Å². The molecule has 2 rings (SSSR count). The third-order valence-corrected chi connectivity index (χ3v) is 2.57. The number of rotatable bonds is 3. The predicted molar refractivity (Wildman–Crippen MR) is 103 cm³/mol. The number of aromatic hydroxyl groups is 2. The van der Waals surface area contributed by atoms with Gasteiger partial charge in [-0.2, -0.15) is 0 Å². The molecule has 0 bridgehead atoms. The Balaban J connectivity index is 0. The van der Waals surface area contributed by atoms with Crippen molar-refractivity contribution in [2.75, 3.05) is 6.61 Å². The molecule has 0 amide bonds. The number of aliphatic hydroxyl groups excluding tert-OH is 2. The van der Waals surface area contributed by atoms with Gasteiger partial charge in [-0.3, -0.25) is 9.79 Å². The van der Waals surface area contributed by atoms with Crippen molar-refractivity contribution in [1.29, 1.82) is 0 Å². The molecule has 2 aromatic rings. The minimum absolute atomic E-state index is 0. The molecular formula is C20H25MnNO5. The van der Waals surface area contributed by atoms with Crippen LogP contribution in [0, 0.1) is 0 Å². The van der Waals surface area contributed by atoms with E-state index in [-0.39, 0.29) is 46.7 Å². The molecule has 0 unspecified atom stereocenters.